The van der Waals surface area contributed by atoms with Crippen LogP contribution in [0.25, 0.3) is 0 Å². The minimum absolute atomic E-state index is 0.569. The molecule has 2 fully saturated rings. The van der Waals surface area contributed by atoms with Gasteiger partial charge in [0.05, 0.1) is 6.33 Å². The van der Waals surface area contributed by atoms with Gasteiger partial charge in [-0.2, -0.15) is 0 Å². The van der Waals surface area contributed by atoms with E-state index in [9.17, 15) is 0 Å². The van der Waals surface area contributed by atoms with E-state index in [2.05, 4.69) is 51.4 Å². The molecule has 3 nitrogen and oxygen atoms in total. The predicted molar refractivity (Wildman–Crippen MR) is 79.9 cm³/mol. The summed E-state index contributed by atoms with van der Waals surface area (Å²) < 4.78 is 2.44. The fourth-order valence-electron chi connectivity index (χ4n) is 3.52. The fourth-order valence-corrected chi connectivity index (χ4v) is 3.52. The van der Waals surface area contributed by atoms with E-state index in [-0.39, 0.29) is 0 Å². The van der Waals surface area contributed by atoms with Crippen molar-refractivity contribution in [2.75, 3.05) is 13.1 Å². The molecule has 20 heavy (non-hydrogen) atoms. The molecular weight excluding hydrogens is 246 g/mol. The van der Waals surface area contributed by atoms with E-state index < -0.39 is 0 Å². The summed E-state index contributed by atoms with van der Waals surface area (Å²) in [7, 11) is 0. The van der Waals surface area contributed by atoms with Gasteiger partial charge in [-0.15, -0.1) is 0 Å². The van der Waals surface area contributed by atoms with E-state index in [0.29, 0.717) is 11.8 Å². The summed E-state index contributed by atoms with van der Waals surface area (Å²) in [6.07, 6.45) is 7.99. The summed E-state index contributed by atoms with van der Waals surface area (Å²) in [5.74, 6) is 1.17. The Labute approximate surface area is 120 Å². The Bertz CT molecular complexity index is 571. The third kappa shape index (κ3) is 2.16. The van der Waals surface area contributed by atoms with Gasteiger partial charge in [-0.1, -0.05) is 30.3 Å². The van der Waals surface area contributed by atoms with Crippen molar-refractivity contribution in [1.29, 1.82) is 0 Å². The summed E-state index contributed by atoms with van der Waals surface area (Å²) in [6, 6.07) is 11.7. The van der Waals surface area contributed by atoms with Crippen LogP contribution in [0.3, 0.4) is 0 Å². The number of nitrogens with zero attached hydrogens (tertiary/aromatic N) is 2. The van der Waals surface area contributed by atoms with Gasteiger partial charge in [-0.05, 0) is 31.4 Å². The standard InChI is InChI=1S/C17H21N3/c1-2-4-13(5-3-1)16-10-18-9-8-15(16)17-11-19-12-20(17)14-6-7-14/h1-5,11-12,14-16,18H,6-10H2. The number of nitrogens with one attached hydrogen (secondary N) is 1. The summed E-state index contributed by atoms with van der Waals surface area (Å²) in [4.78, 5) is 4.43. The Hall–Kier alpha value is -1.61. The van der Waals surface area contributed by atoms with Gasteiger partial charge in [0.2, 0.25) is 0 Å². The van der Waals surface area contributed by atoms with Crippen LogP contribution in [0.15, 0.2) is 42.9 Å². The topological polar surface area (TPSA) is 29.9 Å². The highest BCUT2D eigenvalue weighted by Crippen LogP contribution is 2.42. The fraction of sp³-hybridized carbons (Fsp3) is 0.471. The summed E-state index contributed by atoms with van der Waals surface area (Å²) in [5, 5.41) is 3.56. The van der Waals surface area contributed by atoms with Crippen LogP contribution >= 0.6 is 0 Å². The maximum atomic E-state index is 4.43. The van der Waals surface area contributed by atoms with Crippen molar-refractivity contribution in [2.24, 2.45) is 0 Å². The average Bonchev–Trinajstić information content (AvgIpc) is 3.25. The second-order valence-electron chi connectivity index (χ2n) is 6.07. The lowest BCUT2D eigenvalue weighted by Crippen LogP contribution is -2.34. The minimum atomic E-state index is 0.569. The molecule has 0 bridgehead atoms. The number of piperidine rings is 1. The van der Waals surface area contributed by atoms with Gasteiger partial charge in [0.25, 0.3) is 0 Å². The molecule has 2 atom stereocenters. The lowest BCUT2D eigenvalue weighted by Gasteiger charge is -2.33. The van der Waals surface area contributed by atoms with Gasteiger partial charge in [0, 0.05) is 36.3 Å². The molecule has 2 aliphatic rings. The smallest absolute Gasteiger partial charge is 0.0950 e. The van der Waals surface area contributed by atoms with Crippen LogP contribution in [0.1, 0.15) is 48.4 Å². The van der Waals surface area contributed by atoms with Gasteiger partial charge in [-0.3, -0.25) is 0 Å². The maximum absolute atomic E-state index is 4.43. The van der Waals surface area contributed by atoms with Gasteiger partial charge in [-0.25, -0.2) is 4.98 Å². The Balaban J connectivity index is 1.68. The van der Waals surface area contributed by atoms with E-state index in [1.54, 1.807) is 0 Å². The summed E-state index contributed by atoms with van der Waals surface area (Å²) in [6.45, 7) is 2.19. The second-order valence-corrected chi connectivity index (χ2v) is 6.07. The maximum Gasteiger partial charge on any atom is 0.0950 e. The van der Waals surface area contributed by atoms with Crippen molar-refractivity contribution in [2.45, 2.75) is 37.1 Å². The number of imidazole rings is 1. The summed E-state index contributed by atoms with van der Waals surface area (Å²) in [5.41, 5.74) is 2.90. The van der Waals surface area contributed by atoms with Crippen molar-refractivity contribution in [3.63, 3.8) is 0 Å². The van der Waals surface area contributed by atoms with Crippen molar-refractivity contribution < 1.29 is 0 Å². The lowest BCUT2D eigenvalue weighted by molar-refractivity contribution is 0.388. The van der Waals surface area contributed by atoms with Crippen LogP contribution in [-0.4, -0.2) is 22.6 Å². The first kappa shape index (κ1) is 12.2. The Kier molecular flexibility index (Phi) is 3.07. The molecule has 1 aromatic carbocycles. The normalized spacial score (nSPS) is 26.6. The molecule has 1 aromatic heterocycles. The van der Waals surface area contributed by atoms with Gasteiger partial charge < -0.3 is 9.88 Å². The molecule has 104 valence electrons. The largest absolute Gasteiger partial charge is 0.331 e. The zero-order chi connectivity index (χ0) is 13.4. The highest BCUT2D eigenvalue weighted by molar-refractivity contribution is 5.27. The van der Waals surface area contributed by atoms with Gasteiger partial charge >= 0.3 is 0 Å². The van der Waals surface area contributed by atoms with Crippen LogP contribution in [0.5, 0.6) is 0 Å². The molecule has 2 unspecified atom stereocenters. The molecule has 2 aromatic rings. The van der Waals surface area contributed by atoms with Crippen molar-refractivity contribution in [1.82, 2.24) is 14.9 Å². The van der Waals surface area contributed by atoms with Crippen LogP contribution in [0.4, 0.5) is 0 Å². The van der Waals surface area contributed by atoms with Crippen molar-refractivity contribution >= 4 is 0 Å². The molecule has 1 aliphatic heterocycles. The third-order valence-electron chi connectivity index (χ3n) is 4.73. The number of hydrogen-bond donors (Lipinski definition) is 1. The Morgan fingerprint density at radius 1 is 1.05 bits per heavy atom. The number of benzene rings is 1. The second kappa shape index (κ2) is 5.06. The Morgan fingerprint density at radius 3 is 2.70 bits per heavy atom. The molecule has 2 heterocycles. The quantitative estimate of drug-likeness (QED) is 0.926. The molecule has 0 spiro atoms. The predicted octanol–water partition coefficient (Wildman–Crippen LogP) is 3.08. The van der Waals surface area contributed by atoms with Crippen molar-refractivity contribution in [3.8, 4) is 0 Å². The lowest BCUT2D eigenvalue weighted by atomic mass is 9.79. The molecule has 3 heteroatoms. The van der Waals surface area contributed by atoms with Gasteiger partial charge in [0.15, 0.2) is 0 Å². The molecule has 0 amide bonds. The van der Waals surface area contributed by atoms with Gasteiger partial charge in [0.1, 0.15) is 0 Å². The zero-order valence-corrected chi connectivity index (χ0v) is 11.7. The van der Waals surface area contributed by atoms with E-state index in [0.717, 1.165) is 19.1 Å². The van der Waals surface area contributed by atoms with Crippen LogP contribution in [0, 0.1) is 0 Å². The van der Waals surface area contributed by atoms with Crippen LogP contribution in [0.2, 0.25) is 0 Å². The van der Waals surface area contributed by atoms with Crippen molar-refractivity contribution in [3.05, 3.63) is 54.1 Å². The number of aromatic nitrogens is 2. The number of hydrogen-bond acceptors (Lipinski definition) is 2. The van der Waals surface area contributed by atoms with E-state index in [1.165, 1.54) is 30.5 Å². The van der Waals surface area contributed by atoms with Crippen LogP contribution < -0.4 is 5.32 Å². The van der Waals surface area contributed by atoms with E-state index >= 15 is 0 Å². The van der Waals surface area contributed by atoms with E-state index in [1.807, 2.05) is 6.33 Å². The monoisotopic (exact) mass is 267 g/mol. The zero-order valence-electron chi connectivity index (χ0n) is 11.7. The number of rotatable bonds is 3. The Morgan fingerprint density at radius 2 is 1.90 bits per heavy atom. The molecule has 1 aliphatic carbocycles. The average molecular weight is 267 g/mol. The minimum Gasteiger partial charge on any atom is -0.331 e. The first-order valence-corrected chi connectivity index (χ1v) is 7.71. The molecular formula is C17H21N3. The molecule has 4 rings (SSSR count). The first-order valence-electron chi connectivity index (χ1n) is 7.71. The summed E-state index contributed by atoms with van der Waals surface area (Å²) >= 11 is 0. The molecule has 1 N–H and O–H groups in total. The SMILES string of the molecule is c1ccc(C2CNCCC2c2cncn2C2CC2)cc1. The third-order valence-corrected chi connectivity index (χ3v) is 4.73. The highest BCUT2D eigenvalue weighted by atomic mass is 15.1. The highest BCUT2D eigenvalue weighted by Gasteiger charge is 2.33. The van der Waals surface area contributed by atoms with Crippen LogP contribution in [-0.2, 0) is 0 Å². The first-order chi connectivity index (χ1) is 9.93. The molecule has 1 saturated heterocycles. The molecule has 1 saturated carbocycles. The molecule has 0 radical (unpaired) electrons. The van der Waals surface area contributed by atoms with E-state index in [4.69, 9.17) is 0 Å².